The second kappa shape index (κ2) is 9.71. The molecule has 0 aliphatic rings. The number of hydrogen-bond donors (Lipinski definition) is 0. The van der Waals surface area contributed by atoms with E-state index in [-0.39, 0.29) is 0 Å². The van der Waals surface area contributed by atoms with E-state index >= 15 is 0 Å². The van der Waals surface area contributed by atoms with E-state index in [4.69, 9.17) is 9.40 Å². The van der Waals surface area contributed by atoms with Gasteiger partial charge in [-0.25, -0.2) is 4.98 Å². The van der Waals surface area contributed by atoms with Crippen LogP contribution in [-0.2, 0) is 0 Å². The van der Waals surface area contributed by atoms with Gasteiger partial charge < -0.3 is 18.1 Å². The minimum Gasteiger partial charge on any atom is -0.436 e. The van der Waals surface area contributed by atoms with Crippen LogP contribution in [0.2, 0.25) is 0 Å². The molecular weight excluding hydrogens is 542 g/mol. The lowest BCUT2D eigenvalue weighted by Gasteiger charge is -2.17. The van der Waals surface area contributed by atoms with E-state index < -0.39 is 0 Å². The molecule has 0 fully saturated rings. The molecule has 0 saturated heterocycles. The third-order valence-corrected chi connectivity index (χ3v) is 8.25. The summed E-state index contributed by atoms with van der Waals surface area (Å²) in [5.74, 6) is 0.603. The Morgan fingerprint density at radius 2 is 1.34 bits per heavy atom. The predicted octanol–water partition coefficient (Wildman–Crippen LogP) is 9.24. The molecule has 4 aromatic carbocycles. The van der Waals surface area contributed by atoms with E-state index in [2.05, 4.69) is 116 Å². The molecule has 0 unspecified atom stereocenters. The van der Waals surface area contributed by atoms with Crippen LogP contribution in [0, 0.1) is 0 Å². The van der Waals surface area contributed by atoms with Gasteiger partial charge in [-0.05, 0) is 91.0 Å². The Balaban J connectivity index is 1.36. The van der Waals surface area contributed by atoms with Crippen molar-refractivity contribution < 1.29 is 4.42 Å². The van der Waals surface area contributed by atoms with E-state index in [0.29, 0.717) is 5.89 Å². The Morgan fingerprint density at radius 3 is 2.16 bits per heavy atom. The maximum Gasteiger partial charge on any atom is 0.227 e. The number of para-hydroxylation sites is 2. The van der Waals surface area contributed by atoms with Crippen molar-refractivity contribution >= 4 is 32.9 Å². The molecule has 6 heteroatoms. The second-order valence-corrected chi connectivity index (χ2v) is 10.9. The second-order valence-electron chi connectivity index (χ2n) is 10.9. The number of hydrogen-bond acceptors (Lipinski definition) is 3. The van der Waals surface area contributed by atoms with Gasteiger partial charge in [0.15, 0.2) is 5.58 Å². The van der Waals surface area contributed by atoms with Crippen LogP contribution in [0.3, 0.4) is 0 Å². The highest BCUT2D eigenvalue weighted by Gasteiger charge is 2.19. The van der Waals surface area contributed by atoms with Gasteiger partial charge in [-0.15, -0.1) is 0 Å². The van der Waals surface area contributed by atoms with Crippen LogP contribution < -0.4 is 0 Å². The molecule has 208 valence electrons. The minimum atomic E-state index is 0.603. The molecule has 9 aromatic rings. The van der Waals surface area contributed by atoms with Crippen LogP contribution in [0.25, 0.3) is 72.7 Å². The fraction of sp³-hybridized carbons (Fsp3) is 0. The standard InChI is InChI=1S/C38H25N5O/c1-2-11-37-32(10-1)40-38(44-37)27-12-15-29-30-25-28(41-19-5-6-20-41)14-17-33(30)43(35(29)24-27)36-23-26(31-9-3-4-18-39-31)13-16-34(36)42-21-7-8-22-42/h1-25H. The zero-order chi connectivity index (χ0) is 29.0. The van der Waals surface area contributed by atoms with E-state index in [1.165, 1.54) is 0 Å². The number of fused-ring (bicyclic) bond motifs is 4. The summed E-state index contributed by atoms with van der Waals surface area (Å²) in [5.41, 5.74) is 9.91. The molecule has 5 heterocycles. The van der Waals surface area contributed by atoms with Crippen molar-refractivity contribution in [1.82, 2.24) is 23.7 Å². The molecule has 0 aliphatic carbocycles. The van der Waals surface area contributed by atoms with Crippen molar-refractivity contribution in [3.8, 4) is 39.8 Å². The van der Waals surface area contributed by atoms with Gasteiger partial charge in [0, 0.05) is 58.6 Å². The molecule has 0 bridgehead atoms. The fourth-order valence-electron chi connectivity index (χ4n) is 6.17. The quantitative estimate of drug-likeness (QED) is 0.208. The maximum absolute atomic E-state index is 6.21. The Bertz CT molecular complexity index is 2400. The number of oxazole rings is 1. The lowest BCUT2D eigenvalue weighted by molar-refractivity contribution is 0.620. The predicted molar refractivity (Wildman–Crippen MR) is 176 cm³/mol. The fourth-order valence-corrected chi connectivity index (χ4v) is 6.17. The van der Waals surface area contributed by atoms with Crippen molar-refractivity contribution in [3.05, 3.63) is 152 Å². The number of pyridine rings is 1. The average molecular weight is 568 g/mol. The highest BCUT2D eigenvalue weighted by molar-refractivity contribution is 6.11. The first kappa shape index (κ1) is 24.5. The van der Waals surface area contributed by atoms with Gasteiger partial charge in [0.2, 0.25) is 5.89 Å². The van der Waals surface area contributed by atoms with Crippen LogP contribution in [0.4, 0.5) is 0 Å². The van der Waals surface area contributed by atoms with E-state index in [1.54, 1.807) is 0 Å². The summed E-state index contributed by atoms with van der Waals surface area (Å²) < 4.78 is 12.9. The zero-order valence-electron chi connectivity index (χ0n) is 23.6. The highest BCUT2D eigenvalue weighted by Crippen LogP contribution is 2.39. The van der Waals surface area contributed by atoms with Crippen LogP contribution in [0.15, 0.2) is 157 Å². The SMILES string of the molecule is c1ccc(-c2ccc(-n3cccc3)c(-n3c4ccc(-n5cccc5)cc4c4ccc(-c5nc6ccccc6o5)cc43)c2)nc1. The van der Waals surface area contributed by atoms with Gasteiger partial charge in [0.1, 0.15) is 5.52 Å². The third-order valence-electron chi connectivity index (χ3n) is 8.25. The van der Waals surface area contributed by atoms with Crippen LogP contribution in [-0.4, -0.2) is 23.7 Å². The third kappa shape index (κ3) is 3.89. The Hall–Kier alpha value is -6.14. The van der Waals surface area contributed by atoms with Gasteiger partial charge in [-0.3, -0.25) is 4.98 Å². The molecule has 0 N–H and O–H groups in total. The van der Waals surface area contributed by atoms with Crippen molar-refractivity contribution in [2.24, 2.45) is 0 Å². The van der Waals surface area contributed by atoms with Crippen LogP contribution in [0.1, 0.15) is 0 Å². The summed E-state index contributed by atoms with van der Waals surface area (Å²) in [7, 11) is 0. The molecule has 0 spiro atoms. The maximum atomic E-state index is 6.21. The summed E-state index contributed by atoms with van der Waals surface area (Å²) in [6.45, 7) is 0. The molecule has 0 radical (unpaired) electrons. The van der Waals surface area contributed by atoms with Crippen molar-refractivity contribution in [3.63, 3.8) is 0 Å². The molecule has 6 nitrogen and oxygen atoms in total. The summed E-state index contributed by atoms with van der Waals surface area (Å²) in [6.07, 6.45) is 10.2. The van der Waals surface area contributed by atoms with E-state index in [1.807, 2.05) is 54.7 Å². The van der Waals surface area contributed by atoms with E-state index in [0.717, 1.165) is 66.8 Å². The van der Waals surface area contributed by atoms with Crippen LogP contribution >= 0.6 is 0 Å². The number of aromatic nitrogens is 5. The number of benzene rings is 4. The molecule has 0 aliphatic heterocycles. The van der Waals surface area contributed by atoms with Crippen molar-refractivity contribution in [2.45, 2.75) is 0 Å². The molecular formula is C38H25N5O. The minimum absolute atomic E-state index is 0.603. The Labute approximate surface area is 252 Å². The average Bonchev–Trinajstić information content (AvgIpc) is 3.90. The molecule has 9 rings (SSSR count). The first-order valence-corrected chi connectivity index (χ1v) is 14.6. The van der Waals surface area contributed by atoms with Crippen molar-refractivity contribution in [2.75, 3.05) is 0 Å². The summed E-state index contributed by atoms with van der Waals surface area (Å²) in [5, 5.41) is 2.31. The first-order chi connectivity index (χ1) is 21.8. The Kier molecular flexibility index (Phi) is 5.40. The Morgan fingerprint density at radius 1 is 0.545 bits per heavy atom. The largest absolute Gasteiger partial charge is 0.436 e. The van der Waals surface area contributed by atoms with Gasteiger partial charge in [0.05, 0.1) is 28.1 Å². The topological polar surface area (TPSA) is 53.7 Å². The lowest BCUT2D eigenvalue weighted by atomic mass is 10.1. The molecule has 0 atom stereocenters. The zero-order valence-corrected chi connectivity index (χ0v) is 23.6. The molecule has 0 amide bonds. The smallest absolute Gasteiger partial charge is 0.227 e. The summed E-state index contributed by atoms with van der Waals surface area (Å²) in [6, 6.07) is 41.8. The number of nitrogens with zero attached hydrogens (tertiary/aromatic N) is 5. The first-order valence-electron chi connectivity index (χ1n) is 14.6. The summed E-state index contributed by atoms with van der Waals surface area (Å²) in [4.78, 5) is 9.48. The molecule has 44 heavy (non-hydrogen) atoms. The van der Waals surface area contributed by atoms with Gasteiger partial charge in [-0.2, -0.15) is 0 Å². The lowest BCUT2D eigenvalue weighted by Crippen LogP contribution is -2.03. The van der Waals surface area contributed by atoms with Crippen LogP contribution in [0.5, 0.6) is 0 Å². The van der Waals surface area contributed by atoms with Crippen molar-refractivity contribution in [1.29, 1.82) is 0 Å². The normalized spacial score (nSPS) is 11.6. The summed E-state index contributed by atoms with van der Waals surface area (Å²) >= 11 is 0. The van der Waals surface area contributed by atoms with Gasteiger partial charge in [0.25, 0.3) is 0 Å². The molecule has 0 saturated carbocycles. The van der Waals surface area contributed by atoms with Gasteiger partial charge >= 0.3 is 0 Å². The molecule has 5 aromatic heterocycles. The number of rotatable bonds is 5. The van der Waals surface area contributed by atoms with Gasteiger partial charge in [-0.1, -0.05) is 30.3 Å². The van der Waals surface area contributed by atoms with E-state index in [9.17, 15) is 0 Å². The monoisotopic (exact) mass is 567 g/mol. The highest BCUT2D eigenvalue weighted by atomic mass is 16.3.